The first kappa shape index (κ1) is 20.1. The van der Waals surface area contributed by atoms with Crippen molar-refractivity contribution in [3.63, 3.8) is 0 Å². The number of ether oxygens (including phenoxy) is 1. The summed E-state index contributed by atoms with van der Waals surface area (Å²) in [7, 11) is 1.52. The van der Waals surface area contributed by atoms with Gasteiger partial charge in [0.2, 0.25) is 11.7 Å². The number of carbonyl (C=O) groups excluding carboxylic acids is 1. The third kappa shape index (κ3) is 4.53. The number of para-hydroxylation sites is 2. The van der Waals surface area contributed by atoms with E-state index < -0.39 is 0 Å². The zero-order chi connectivity index (χ0) is 21.8. The second kappa shape index (κ2) is 8.66. The fraction of sp³-hybridized carbons (Fsp3) is 0.130. The molecule has 0 aliphatic carbocycles. The Morgan fingerprint density at radius 2 is 1.81 bits per heavy atom. The molecule has 0 saturated heterocycles. The molecule has 1 amide bonds. The molecule has 8 heteroatoms. The smallest absolute Gasteiger partial charge is 0.259 e. The number of anilines is 1. The number of aryl methyl sites for hydroxylation is 1. The Balaban J connectivity index is 1.54. The number of hydrogen-bond donors (Lipinski definition) is 1. The number of nitrogens with zero attached hydrogens (tertiary/aromatic N) is 3. The number of pyridine rings is 1. The highest BCUT2D eigenvalue weighted by molar-refractivity contribution is 5.92. The zero-order valence-corrected chi connectivity index (χ0v) is 17.0. The van der Waals surface area contributed by atoms with E-state index in [1.807, 2.05) is 31.2 Å². The maximum Gasteiger partial charge on any atom is 0.259 e. The van der Waals surface area contributed by atoms with Gasteiger partial charge >= 0.3 is 0 Å². The van der Waals surface area contributed by atoms with Crippen molar-refractivity contribution in [1.82, 2.24) is 14.7 Å². The maximum absolute atomic E-state index is 12.5. The molecule has 0 aliphatic heterocycles. The number of benzene rings is 2. The lowest BCUT2D eigenvalue weighted by molar-refractivity contribution is -0.116. The number of nitrogens with one attached hydrogen (secondary N) is 1. The normalized spacial score (nSPS) is 10.6. The van der Waals surface area contributed by atoms with E-state index >= 15 is 0 Å². The highest BCUT2D eigenvalue weighted by Crippen LogP contribution is 2.23. The van der Waals surface area contributed by atoms with E-state index in [9.17, 15) is 9.59 Å². The summed E-state index contributed by atoms with van der Waals surface area (Å²) in [4.78, 5) is 29.2. The van der Waals surface area contributed by atoms with Crippen LogP contribution in [0.3, 0.4) is 0 Å². The van der Waals surface area contributed by atoms with Crippen LogP contribution in [0.1, 0.15) is 5.56 Å². The van der Waals surface area contributed by atoms with Crippen molar-refractivity contribution in [1.29, 1.82) is 0 Å². The quantitative estimate of drug-likeness (QED) is 0.516. The number of hydrogen-bond acceptors (Lipinski definition) is 6. The summed E-state index contributed by atoms with van der Waals surface area (Å²) in [5, 5.41) is 6.77. The van der Waals surface area contributed by atoms with Crippen molar-refractivity contribution in [2.24, 2.45) is 0 Å². The molecule has 0 aliphatic rings. The summed E-state index contributed by atoms with van der Waals surface area (Å²) in [5.41, 5.74) is 2.70. The Bertz CT molecular complexity index is 1280. The van der Waals surface area contributed by atoms with Crippen LogP contribution in [0.25, 0.3) is 22.8 Å². The van der Waals surface area contributed by atoms with Crippen molar-refractivity contribution < 1.29 is 14.1 Å². The molecule has 4 aromatic rings. The number of rotatable bonds is 6. The van der Waals surface area contributed by atoms with Crippen LogP contribution in [0.2, 0.25) is 0 Å². The Morgan fingerprint density at radius 1 is 1.06 bits per heavy atom. The fourth-order valence-electron chi connectivity index (χ4n) is 3.03. The lowest BCUT2D eigenvalue weighted by atomic mass is 10.1. The summed E-state index contributed by atoms with van der Waals surface area (Å²) >= 11 is 0. The first-order valence-corrected chi connectivity index (χ1v) is 9.58. The molecule has 0 unspecified atom stereocenters. The van der Waals surface area contributed by atoms with Gasteiger partial charge in [0.05, 0.1) is 18.4 Å². The molecule has 1 N–H and O–H groups in total. The van der Waals surface area contributed by atoms with Crippen LogP contribution in [-0.4, -0.2) is 27.7 Å². The average Bonchev–Trinajstić information content (AvgIpc) is 3.26. The SMILES string of the molecule is COc1ccccc1NC(=O)Cn1cc(-c2nc(-c3ccc(C)cc3)no2)ccc1=O. The van der Waals surface area contributed by atoms with Gasteiger partial charge in [0.25, 0.3) is 11.4 Å². The molecule has 156 valence electrons. The van der Waals surface area contributed by atoms with Crippen LogP contribution in [0.5, 0.6) is 5.75 Å². The van der Waals surface area contributed by atoms with Crippen molar-refractivity contribution in [3.8, 4) is 28.6 Å². The third-order valence-electron chi connectivity index (χ3n) is 4.66. The number of amides is 1. The molecular formula is C23H20N4O4. The summed E-state index contributed by atoms with van der Waals surface area (Å²) in [6.45, 7) is 1.82. The third-order valence-corrected chi connectivity index (χ3v) is 4.66. The summed E-state index contributed by atoms with van der Waals surface area (Å²) in [6.07, 6.45) is 1.52. The van der Waals surface area contributed by atoms with Gasteiger partial charge in [-0.25, -0.2) is 0 Å². The maximum atomic E-state index is 12.5. The number of methoxy groups -OCH3 is 1. The van der Waals surface area contributed by atoms with Crippen LogP contribution in [0.15, 0.2) is 76.2 Å². The Hall–Kier alpha value is -4.20. The first-order valence-electron chi connectivity index (χ1n) is 9.58. The molecule has 0 bridgehead atoms. The molecule has 2 aromatic carbocycles. The van der Waals surface area contributed by atoms with Gasteiger partial charge in [-0.1, -0.05) is 47.1 Å². The van der Waals surface area contributed by atoms with Crippen LogP contribution >= 0.6 is 0 Å². The number of carbonyl (C=O) groups is 1. The van der Waals surface area contributed by atoms with E-state index in [-0.39, 0.29) is 23.9 Å². The van der Waals surface area contributed by atoms with E-state index in [2.05, 4.69) is 15.5 Å². The summed E-state index contributed by atoms with van der Waals surface area (Å²) < 4.78 is 11.9. The van der Waals surface area contributed by atoms with E-state index in [4.69, 9.17) is 9.26 Å². The van der Waals surface area contributed by atoms with Gasteiger partial charge in [0.15, 0.2) is 0 Å². The largest absolute Gasteiger partial charge is 0.495 e. The first-order chi connectivity index (χ1) is 15.0. The van der Waals surface area contributed by atoms with Gasteiger partial charge in [0, 0.05) is 17.8 Å². The van der Waals surface area contributed by atoms with Crippen molar-refractivity contribution >= 4 is 11.6 Å². The van der Waals surface area contributed by atoms with Gasteiger partial charge in [-0.3, -0.25) is 9.59 Å². The van der Waals surface area contributed by atoms with E-state index in [1.54, 1.807) is 30.3 Å². The molecule has 4 rings (SSSR count). The second-order valence-electron chi connectivity index (χ2n) is 6.92. The van der Waals surface area contributed by atoms with Crippen molar-refractivity contribution in [2.75, 3.05) is 12.4 Å². The topological polar surface area (TPSA) is 99.2 Å². The number of aromatic nitrogens is 3. The molecule has 2 heterocycles. The predicted molar refractivity (Wildman–Crippen MR) is 116 cm³/mol. The lowest BCUT2D eigenvalue weighted by Gasteiger charge is -2.11. The van der Waals surface area contributed by atoms with Gasteiger partial charge in [-0.05, 0) is 25.1 Å². The van der Waals surface area contributed by atoms with Crippen LogP contribution in [0, 0.1) is 6.92 Å². The molecule has 0 spiro atoms. The van der Waals surface area contributed by atoms with Gasteiger partial charge in [-0.2, -0.15) is 4.98 Å². The highest BCUT2D eigenvalue weighted by Gasteiger charge is 2.14. The fourth-order valence-corrected chi connectivity index (χ4v) is 3.03. The molecule has 0 fully saturated rings. The predicted octanol–water partition coefficient (Wildman–Crippen LogP) is 3.52. The molecular weight excluding hydrogens is 396 g/mol. The summed E-state index contributed by atoms with van der Waals surface area (Å²) in [5.74, 6) is 0.872. The Kier molecular flexibility index (Phi) is 5.61. The minimum absolute atomic E-state index is 0.177. The molecule has 2 aromatic heterocycles. The van der Waals surface area contributed by atoms with Gasteiger partial charge in [0.1, 0.15) is 12.3 Å². The van der Waals surface area contributed by atoms with Crippen LogP contribution in [0.4, 0.5) is 5.69 Å². The molecule has 0 radical (unpaired) electrons. The lowest BCUT2D eigenvalue weighted by Crippen LogP contribution is -2.27. The molecule has 0 saturated carbocycles. The standard InChI is InChI=1S/C23H20N4O4/c1-15-7-9-16(10-8-15)22-25-23(31-26-22)17-11-12-21(29)27(13-17)14-20(28)24-18-5-3-4-6-19(18)30-2/h3-13H,14H2,1-2H3,(H,24,28). The second-order valence-corrected chi connectivity index (χ2v) is 6.92. The van der Waals surface area contributed by atoms with E-state index in [0.29, 0.717) is 22.8 Å². The van der Waals surface area contributed by atoms with E-state index in [1.165, 1.54) is 23.9 Å². The van der Waals surface area contributed by atoms with Crippen molar-refractivity contribution in [3.05, 3.63) is 82.8 Å². The Morgan fingerprint density at radius 3 is 2.58 bits per heavy atom. The Labute approximate surface area is 178 Å². The summed E-state index contributed by atoms with van der Waals surface area (Å²) in [6, 6.07) is 17.7. The van der Waals surface area contributed by atoms with Gasteiger partial charge < -0.3 is 19.1 Å². The van der Waals surface area contributed by atoms with E-state index in [0.717, 1.165) is 11.1 Å². The average molecular weight is 416 g/mol. The van der Waals surface area contributed by atoms with Crippen LogP contribution in [-0.2, 0) is 11.3 Å². The molecule has 31 heavy (non-hydrogen) atoms. The highest BCUT2D eigenvalue weighted by atomic mass is 16.5. The van der Waals surface area contributed by atoms with Crippen molar-refractivity contribution in [2.45, 2.75) is 13.5 Å². The molecule has 8 nitrogen and oxygen atoms in total. The monoisotopic (exact) mass is 416 g/mol. The van der Waals surface area contributed by atoms with Gasteiger partial charge in [-0.15, -0.1) is 0 Å². The molecule has 0 atom stereocenters. The van der Waals surface area contributed by atoms with Crippen LogP contribution < -0.4 is 15.6 Å². The minimum atomic E-state index is -0.366. The zero-order valence-electron chi connectivity index (χ0n) is 17.0. The minimum Gasteiger partial charge on any atom is -0.495 e.